The van der Waals surface area contributed by atoms with Crippen molar-refractivity contribution >= 4 is 55.2 Å². The average Bonchev–Trinajstić information content (AvgIpc) is 0.895. The maximum atomic E-state index is 13.2. The number of phosphoric acid groups is 1. The third kappa shape index (κ3) is 40.3. The molecule has 11 atom stereocenters. The number of hydrogen-bond acceptors (Lipinski definition) is 19. The Hall–Kier alpha value is -3.33. The van der Waals surface area contributed by atoms with E-state index < -0.39 is 169 Å². The number of rotatable bonds is 52. The van der Waals surface area contributed by atoms with Gasteiger partial charge in [0.1, 0.15) is 55.2 Å². The number of nitrogens with one attached hydrogen (secondary N) is 5. The summed E-state index contributed by atoms with van der Waals surface area (Å²) in [6.07, 6.45) is 18.7. The summed E-state index contributed by atoms with van der Waals surface area (Å²) in [7, 11) is -5.26. The van der Waals surface area contributed by atoms with E-state index in [9.17, 15) is 63.1 Å². The second-order valence-electron chi connectivity index (χ2n) is 22.0. The molecule has 27 heteroatoms. The second-order valence-corrected chi connectivity index (χ2v) is 23.4. The minimum absolute atomic E-state index is 0. The number of esters is 2. The van der Waals surface area contributed by atoms with Crippen molar-refractivity contribution in [3.05, 3.63) is 0 Å². The Morgan fingerprint density at radius 2 is 1.19 bits per heavy atom. The maximum absolute atomic E-state index is 13.2. The van der Waals surface area contributed by atoms with Gasteiger partial charge in [0.05, 0.1) is 21.2 Å². The van der Waals surface area contributed by atoms with Crippen molar-refractivity contribution in [3.8, 4) is 0 Å². The first-order chi connectivity index (χ1) is 42.1. The van der Waals surface area contributed by atoms with Crippen LogP contribution in [0.3, 0.4) is 0 Å². The standard InChI is InChI=1S/C59H109N6O19P.Na/c1-7-9-11-13-15-17-19-21-23-25-27-29-31-33-50(69)79-40-46(83-51(70)34-32-30-28-26-24-22-20-18-16-14-12-10-8-2)41-81-85(77,78)80-38-37-61-56(73)42(3)62-49(68)36-35-47(55(60)72)65-57(74)43(4)63-58(75)44(5)82-54-52(64-45(6)67)59(76)84-48(39-66)53(54)71;/h42-44,46-48,52-54,59,66,71,76H,7-41H2,1-6H3,(H2,60,72)(H,61,73)(H,62,68)(H,63,75)(H,64,67)(H,65,74)(H,77,78);/q;+1/p-1/t42-,43-,44+,46?,47-,48+,52+,53+,54+,59?;/m0./s1/i3+1D3,42+1D,56+1;. The van der Waals surface area contributed by atoms with E-state index in [1.165, 1.54) is 117 Å². The molecule has 86 heavy (non-hydrogen) atoms. The van der Waals surface area contributed by atoms with Gasteiger partial charge in [-0.25, -0.2) is 0 Å². The van der Waals surface area contributed by atoms with Gasteiger partial charge in [-0.05, 0) is 40.0 Å². The minimum atomic E-state index is -5.26. The Kier molecular flexibility index (Phi) is 44.0. The Morgan fingerprint density at radius 3 is 1.66 bits per heavy atom. The molecule has 0 bridgehead atoms. The predicted molar refractivity (Wildman–Crippen MR) is 315 cm³/mol. The Balaban J connectivity index is 0.0000792. The van der Waals surface area contributed by atoms with E-state index in [0.717, 1.165) is 58.3 Å². The molecule has 1 fully saturated rings. The fourth-order valence-electron chi connectivity index (χ4n) is 9.26. The number of ether oxygens (including phenoxy) is 4. The van der Waals surface area contributed by atoms with E-state index in [4.69, 9.17) is 39.2 Å². The smallest absolute Gasteiger partial charge is 0.756 e. The molecule has 25 nitrogen and oxygen atoms in total. The minimum Gasteiger partial charge on any atom is -0.756 e. The Bertz CT molecular complexity index is 2130. The van der Waals surface area contributed by atoms with Crippen molar-refractivity contribution in [2.75, 3.05) is 33.0 Å². The van der Waals surface area contributed by atoms with Gasteiger partial charge < -0.3 is 80.5 Å². The first kappa shape index (κ1) is 75.1. The molecule has 1 aliphatic heterocycles. The molecule has 0 spiro atoms. The third-order valence-electron chi connectivity index (χ3n) is 14.3. The molecule has 6 amide bonds. The van der Waals surface area contributed by atoms with Crippen LogP contribution in [-0.4, -0.2) is 157 Å². The summed E-state index contributed by atoms with van der Waals surface area (Å²) >= 11 is 0. The van der Waals surface area contributed by atoms with Crippen LogP contribution in [0.15, 0.2) is 0 Å². The maximum Gasteiger partial charge on any atom is 1.00 e. The summed E-state index contributed by atoms with van der Waals surface area (Å²) in [5.41, 5.74) is 5.45. The van der Waals surface area contributed by atoms with E-state index in [1.807, 2.05) is 5.32 Å². The molecule has 1 rings (SSSR count). The van der Waals surface area contributed by atoms with Crippen LogP contribution in [0.25, 0.3) is 0 Å². The van der Waals surface area contributed by atoms with E-state index in [1.54, 1.807) is 5.32 Å². The van der Waals surface area contributed by atoms with Crippen molar-refractivity contribution in [3.63, 3.8) is 0 Å². The molecular weight excluding hydrogens is 1150 g/mol. The molecule has 0 saturated carbocycles. The van der Waals surface area contributed by atoms with Gasteiger partial charge in [0.25, 0.3) is 7.82 Å². The van der Waals surface area contributed by atoms with Crippen molar-refractivity contribution in [2.45, 2.75) is 295 Å². The zero-order valence-corrected chi connectivity index (χ0v) is 55.2. The number of phosphoric ester groups is 1. The Morgan fingerprint density at radius 1 is 0.686 bits per heavy atom. The molecule has 1 heterocycles. The number of primary amides is 1. The first-order valence-electron chi connectivity index (χ1n) is 33.1. The molecular formula is C59H108N6NaO19P. The largest absolute Gasteiger partial charge is 1.00 e. The molecule has 0 aromatic heterocycles. The first-order valence-corrected chi connectivity index (χ1v) is 32.6. The van der Waals surface area contributed by atoms with Crippen molar-refractivity contribution in [1.82, 2.24) is 26.6 Å². The van der Waals surface area contributed by atoms with Crippen LogP contribution < -0.4 is 66.8 Å². The van der Waals surface area contributed by atoms with Gasteiger partial charge >= 0.3 is 41.5 Å². The van der Waals surface area contributed by atoms with Gasteiger partial charge in [0.15, 0.2) is 12.4 Å². The van der Waals surface area contributed by atoms with Gasteiger partial charge in [0, 0.05) is 36.8 Å². The van der Waals surface area contributed by atoms with Crippen LogP contribution in [0.1, 0.15) is 240 Å². The molecule has 1 saturated heterocycles. The summed E-state index contributed by atoms with van der Waals surface area (Å²) in [5.74, 6) is -7.93. The van der Waals surface area contributed by atoms with E-state index in [0.29, 0.717) is 12.8 Å². The summed E-state index contributed by atoms with van der Waals surface area (Å²) in [6, 6.07) is -7.86. The van der Waals surface area contributed by atoms with Gasteiger partial charge in [0.2, 0.25) is 35.4 Å². The number of carbonyl (C=O) groups is 8. The van der Waals surface area contributed by atoms with Gasteiger partial charge in [-0.2, -0.15) is 0 Å². The number of hydrogen-bond donors (Lipinski definition) is 9. The number of aliphatic hydroxyl groups is 3. The summed E-state index contributed by atoms with van der Waals surface area (Å²) in [6.45, 7) is 0.680. The van der Waals surface area contributed by atoms with Crippen LogP contribution in [0.4, 0.5) is 0 Å². The van der Waals surface area contributed by atoms with Crippen molar-refractivity contribution in [2.24, 2.45) is 5.73 Å². The molecule has 1 aliphatic rings. The van der Waals surface area contributed by atoms with Crippen LogP contribution in [-0.2, 0) is 70.9 Å². The number of unbranched alkanes of at least 4 members (excludes halogenated alkanes) is 24. The second kappa shape index (κ2) is 50.4. The van der Waals surface area contributed by atoms with Crippen molar-refractivity contribution < 1.29 is 126 Å². The molecule has 10 N–H and O–H groups in total. The number of carbonyl (C=O) groups excluding carboxylic acids is 8. The number of nitrogens with two attached hydrogens (primary N) is 1. The van der Waals surface area contributed by atoms with Crippen LogP contribution in [0.5, 0.6) is 0 Å². The fraction of sp³-hybridized carbons (Fsp3) is 0.864. The van der Waals surface area contributed by atoms with Gasteiger partial charge in [-0.15, -0.1) is 0 Å². The van der Waals surface area contributed by atoms with Gasteiger partial charge in [-0.3, -0.25) is 42.9 Å². The molecule has 494 valence electrons. The van der Waals surface area contributed by atoms with Crippen molar-refractivity contribution in [1.29, 1.82) is 0 Å². The zero-order chi connectivity index (χ0) is 66.8. The summed E-state index contributed by atoms with van der Waals surface area (Å²) < 4.78 is 76.5. The fourth-order valence-corrected chi connectivity index (χ4v) is 10.00. The monoisotopic (exact) mass is 1270 g/mol. The summed E-state index contributed by atoms with van der Waals surface area (Å²) in [4.78, 5) is 115. The SMILES string of the molecule is [2H][13C]([2H])([2H])[13C@]([2H])(NC(=O)CC[C@H](NC(=O)[C@H](C)NC(=O)[C@@H](C)O[C@H]1[C@H](O)[C@@H](CO)OC(O)[C@@H]1NC(C)=O)C(N)=O)[13C](=O)NCCOP(=O)([O-])OCC(COC(=O)CCCCCCCCCCCCCCC)OC(=O)CCCCCCCCCCCCCCC.[Na+]. The van der Waals surface area contributed by atoms with E-state index in [-0.39, 0.29) is 42.4 Å². The zero-order valence-electron chi connectivity index (χ0n) is 56.3. The quantitative estimate of drug-likeness (QED) is 0.0138. The normalized spacial score (nSPS) is 20.2. The van der Waals surface area contributed by atoms with Gasteiger partial charge in [-0.1, -0.05) is 168 Å². The predicted octanol–water partition coefficient (Wildman–Crippen LogP) is 2.13. The van der Waals surface area contributed by atoms with E-state index in [2.05, 4.69) is 29.8 Å². The molecule has 3 unspecified atom stereocenters. The topological polar surface area (TPSA) is 379 Å². The van der Waals surface area contributed by atoms with Crippen LogP contribution in [0.2, 0.25) is 0 Å². The number of amides is 6. The average molecular weight is 1270 g/mol. The Labute approximate surface area is 539 Å². The molecule has 0 radical (unpaired) electrons. The van der Waals surface area contributed by atoms with E-state index >= 15 is 0 Å². The summed E-state index contributed by atoms with van der Waals surface area (Å²) in [5, 5.41) is 41.3. The van der Waals surface area contributed by atoms with Crippen LogP contribution >= 0.6 is 7.82 Å². The molecule has 0 aromatic carbocycles. The molecule has 0 aromatic rings. The van der Waals surface area contributed by atoms with Crippen LogP contribution in [0, 0.1) is 0 Å². The third-order valence-corrected chi connectivity index (χ3v) is 15.3. The number of aliphatic hydroxyl groups excluding tert-OH is 3. The molecule has 0 aliphatic carbocycles.